The van der Waals surface area contributed by atoms with E-state index in [1.807, 2.05) is 31.7 Å². The quantitative estimate of drug-likeness (QED) is 0.734. The number of aromatic nitrogens is 2. The molecule has 27 heavy (non-hydrogen) atoms. The maximum absolute atomic E-state index is 14.6. The minimum absolute atomic E-state index is 0.0933. The average molecular weight is 375 g/mol. The van der Waals surface area contributed by atoms with Crippen molar-refractivity contribution in [2.24, 2.45) is 17.4 Å². The number of nitrogens with two attached hydrogens (primary N) is 2. The molecule has 2 aromatic rings. The van der Waals surface area contributed by atoms with E-state index in [0.717, 1.165) is 11.3 Å². The van der Waals surface area contributed by atoms with Gasteiger partial charge in [0.2, 0.25) is 0 Å². The van der Waals surface area contributed by atoms with E-state index in [0.29, 0.717) is 23.9 Å². The van der Waals surface area contributed by atoms with Crippen molar-refractivity contribution in [3.8, 4) is 0 Å². The largest absolute Gasteiger partial charge is 0.368 e. The smallest absolute Gasteiger partial charge is 0.329 e. The van der Waals surface area contributed by atoms with Crippen LogP contribution in [0.4, 0.5) is 10.1 Å². The van der Waals surface area contributed by atoms with Gasteiger partial charge in [0.15, 0.2) is 0 Å². The molecule has 2 fully saturated rings. The molecule has 1 aliphatic heterocycles. The highest BCUT2D eigenvalue weighted by Gasteiger charge is 2.42. The molecule has 2 unspecified atom stereocenters. The molecule has 2 aliphatic rings. The first-order valence-corrected chi connectivity index (χ1v) is 9.31. The van der Waals surface area contributed by atoms with Crippen LogP contribution in [0.3, 0.4) is 0 Å². The fourth-order valence-electron chi connectivity index (χ4n) is 4.33. The predicted octanol–water partition coefficient (Wildman–Crippen LogP) is 0.782. The summed E-state index contributed by atoms with van der Waals surface area (Å²) in [6.07, 6.45) is -0.331. The van der Waals surface area contributed by atoms with Crippen molar-refractivity contribution in [1.29, 1.82) is 0 Å². The van der Waals surface area contributed by atoms with Gasteiger partial charge in [0.1, 0.15) is 6.17 Å². The fourth-order valence-corrected chi connectivity index (χ4v) is 4.33. The fraction of sp³-hybridized carbons (Fsp3) is 0.579. The van der Waals surface area contributed by atoms with Crippen molar-refractivity contribution in [2.75, 3.05) is 18.0 Å². The van der Waals surface area contributed by atoms with E-state index in [9.17, 15) is 14.0 Å². The molecule has 0 spiro atoms. The Bertz CT molecular complexity index is 1020. The zero-order valence-corrected chi connectivity index (χ0v) is 15.8. The molecule has 1 aromatic carbocycles. The molecule has 2 heterocycles. The molecule has 1 saturated heterocycles. The number of halogens is 1. The minimum Gasteiger partial charge on any atom is -0.368 e. The Morgan fingerprint density at radius 3 is 2.48 bits per heavy atom. The molecular formula is C19H26FN5O2. The molecule has 0 amide bonds. The minimum atomic E-state index is -1.03. The third-order valence-electron chi connectivity index (χ3n) is 6.01. The normalized spacial score (nSPS) is 28.1. The van der Waals surface area contributed by atoms with Crippen molar-refractivity contribution in [1.82, 2.24) is 9.55 Å². The summed E-state index contributed by atoms with van der Waals surface area (Å²) in [5.74, 6) is -0.286. The van der Waals surface area contributed by atoms with Gasteiger partial charge < -0.3 is 16.4 Å². The summed E-state index contributed by atoms with van der Waals surface area (Å²) < 4.78 is 16.2. The van der Waals surface area contributed by atoms with Crippen molar-refractivity contribution in [3.63, 3.8) is 0 Å². The first kappa shape index (κ1) is 18.2. The summed E-state index contributed by atoms with van der Waals surface area (Å²) in [7, 11) is 0. The Hall–Kier alpha value is -2.19. The molecular weight excluding hydrogens is 349 g/mol. The number of fused-ring (bicyclic) bond motifs is 1. The Labute approximate surface area is 156 Å². The van der Waals surface area contributed by atoms with E-state index in [2.05, 4.69) is 4.98 Å². The lowest BCUT2D eigenvalue weighted by Crippen LogP contribution is -2.45. The van der Waals surface area contributed by atoms with Gasteiger partial charge >= 0.3 is 5.69 Å². The zero-order chi connectivity index (χ0) is 19.7. The van der Waals surface area contributed by atoms with Crippen LogP contribution in [0.2, 0.25) is 0 Å². The van der Waals surface area contributed by atoms with Crippen LogP contribution in [0.1, 0.15) is 31.9 Å². The van der Waals surface area contributed by atoms with Crippen molar-refractivity contribution in [3.05, 3.63) is 38.5 Å². The molecule has 1 aliphatic carbocycles. The summed E-state index contributed by atoms with van der Waals surface area (Å²) >= 11 is 0. The molecule has 7 nitrogen and oxygen atoms in total. The molecule has 8 heteroatoms. The molecule has 4 atom stereocenters. The summed E-state index contributed by atoms with van der Waals surface area (Å²) in [6.45, 7) is 6.29. The lowest BCUT2D eigenvalue weighted by Gasteiger charge is -2.28. The van der Waals surface area contributed by atoms with Gasteiger partial charge in [-0.3, -0.25) is 14.3 Å². The highest BCUT2D eigenvalue weighted by molar-refractivity contribution is 5.87. The number of hydrogen-bond acceptors (Lipinski definition) is 5. The third kappa shape index (κ3) is 2.87. The van der Waals surface area contributed by atoms with E-state index in [1.165, 1.54) is 0 Å². The van der Waals surface area contributed by atoms with Crippen molar-refractivity contribution in [2.45, 2.75) is 51.0 Å². The lowest BCUT2D eigenvalue weighted by atomic mass is 9.87. The molecule has 146 valence electrons. The maximum atomic E-state index is 14.6. The topological polar surface area (TPSA) is 110 Å². The standard InChI is InChI=1S/C19H26FN5O2/c1-9-14(24-7-11(12(20)8-24)19(2,3)22)5-4-10-16(9)25(15-6-13(15)21)18(27)23-17(10)26/h4-5,11-13,15H,6-8,21-22H2,1-3H3,(H,23,26,27)/t11-,12+,13?,15?/m0/s1. The number of rotatable bonds is 3. The van der Waals surface area contributed by atoms with Gasteiger partial charge in [-0.25, -0.2) is 9.18 Å². The van der Waals surface area contributed by atoms with E-state index >= 15 is 0 Å². The summed E-state index contributed by atoms with van der Waals surface area (Å²) in [5, 5.41) is 0.446. The number of aromatic amines is 1. The number of alkyl halides is 1. The van der Waals surface area contributed by atoms with Crippen LogP contribution in [-0.4, -0.2) is 40.4 Å². The first-order chi connectivity index (χ1) is 12.6. The van der Waals surface area contributed by atoms with E-state index in [4.69, 9.17) is 11.5 Å². The zero-order valence-electron chi connectivity index (χ0n) is 15.8. The van der Waals surface area contributed by atoms with E-state index < -0.39 is 23.0 Å². The van der Waals surface area contributed by atoms with Gasteiger partial charge in [0, 0.05) is 36.3 Å². The second-order valence-electron chi connectivity index (χ2n) is 8.55. The van der Waals surface area contributed by atoms with E-state index in [-0.39, 0.29) is 24.5 Å². The molecule has 5 N–H and O–H groups in total. The van der Waals surface area contributed by atoms with Crippen LogP contribution in [0.25, 0.3) is 10.9 Å². The van der Waals surface area contributed by atoms with Crippen molar-refractivity contribution >= 4 is 16.6 Å². The van der Waals surface area contributed by atoms with Gasteiger partial charge in [-0.05, 0) is 44.9 Å². The number of hydrogen-bond donors (Lipinski definition) is 3. The molecule has 1 saturated carbocycles. The highest BCUT2D eigenvalue weighted by atomic mass is 19.1. The predicted molar refractivity (Wildman–Crippen MR) is 104 cm³/mol. The number of nitrogens with one attached hydrogen (secondary N) is 1. The highest BCUT2D eigenvalue weighted by Crippen LogP contribution is 2.38. The van der Waals surface area contributed by atoms with Crippen LogP contribution in [0, 0.1) is 12.8 Å². The summed E-state index contributed by atoms with van der Waals surface area (Å²) in [5.41, 5.74) is 12.8. The van der Waals surface area contributed by atoms with Gasteiger partial charge in [-0.1, -0.05) is 0 Å². The number of anilines is 1. The van der Waals surface area contributed by atoms with Crippen LogP contribution < -0.4 is 27.6 Å². The van der Waals surface area contributed by atoms with Crippen LogP contribution in [0.5, 0.6) is 0 Å². The molecule has 0 radical (unpaired) electrons. The molecule has 0 bridgehead atoms. The SMILES string of the molecule is Cc1c(N2C[C@@H](F)[C@@H](C(C)(C)N)C2)ccc2c(=O)[nH]c(=O)n(C3CC3N)c12. The summed E-state index contributed by atoms with van der Waals surface area (Å²) in [4.78, 5) is 29.1. The van der Waals surface area contributed by atoms with Crippen molar-refractivity contribution < 1.29 is 4.39 Å². The van der Waals surface area contributed by atoms with Crippen LogP contribution in [-0.2, 0) is 0 Å². The number of nitrogens with zero attached hydrogens (tertiary/aromatic N) is 2. The van der Waals surface area contributed by atoms with Crippen LogP contribution in [0.15, 0.2) is 21.7 Å². The number of aryl methyl sites for hydroxylation is 1. The van der Waals surface area contributed by atoms with E-state index in [1.54, 1.807) is 10.6 Å². The third-order valence-corrected chi connectivity index (χ3v) is 6.01. The molecule has 1 aromatic heterocycles. The average Bonchev–Trinajstić information content (AvgIpc) is 3.12. The second-order valence-corrected chi connectivity index (χ2v) is 8.55. The van der Waals surface area contributed by atoms with Gasteiger partial charge in [-0.2, -0.15) is 0 Å². The monoisotopic (exact) mass is 375 g/mol. The van der Waals surface area contributed by atoms with Gasteiger partial charge in [-0.15, -0.1) is 0 Å². The Morgan fingerprint density at radius 2 is 1.93 bits per heavy atom. The Kier molecular flexibility index (Phi) is 3.98. The maximum Gasteiger partial charge on any atom is 0.329 e. The lowest BCUT2D eigenvalue weighted by molar-refractivity contribution is 0.208. The second kappa shape index (κ2) is 5.90. The Morgan fingerprint density at radius 1 is 1.26 bits per heavy atom. The number of benzene rings is 1. The summed E-state index contributed by atoms with van der Waals surface area (Å²) in [6, 6.07) is 3.32. The van der Waals surface area contributed by atoms with Gasteiger partial charge in [0.05, 0.1) is 16.9 Å². The Balaban J connectivity index is 1.86. The first-order valence-electron chi connectivity index (χ1n) is 9.31. The van der Waals surface area contributed by atoms with Crippen LogP contribution >= 0.6 is 0 Å². The molecule has 4 rings (SSSR count). The number of H-pyrrole nitrogens is 1. The van der Waals surface area contributed by atoms with Gasteiger partial charge in [0.25, 0.3) is 5.56 Å².